The number of allylic oxidation sites excluding steroid dienone is 2. The lowest BCUT2D eigenvalue weighted by Gasteiger charge is -2.17. The molecule has 0 bridgehead atoms. The van der Waals surface area contributed by atoms with E-state index in [0.717, 1.165) is 16.8 Å². The highest BCUT2D eigenvalue weighted by Gasteiger charge is 2.25. The summed E-state index contributed by atoms with van der Waals surface area (Å²) in [5, 5.41) is 4.26. The predicted octanol–water partition coefficient (Wildman–Crippen LogP) is 4.68. The van der Waals surface area contributed by atoms with Crippen molar-refractivity contribution < 1.29 is 9.59 Å². The summed E-state index contributed by atoms with van der Waals surface area (Å²) in [7, 11) is 0. The molecule has 0 spiro atoms. The first-order chi connectivity index (χ1) is 12.0. The second-order valence-electron chi connectivity index (χ2n) is 6.07. The molecule has 0 radical (unpaired) electrons. The zero-order chi connectivity index (χ0) is 17.8. The normalized spacial score (nSPS) is 17.8. The highest BCUT2D eigenvalue weighted by molar-refractivity contribution is 6.42. The molecule has 1 aliphatic carbocycles. The van der Waals surface area contributed by atoms with Crippen LogP contribution in [0.25, 0.3) is 0 Å². The number of halogens is 2. The molecular formula is C20H17Cl2NO2. The number of Topliss-reactive ketones (excluding diaryl/α,β-unsaturated/α-hetero) is 1. The lowest BCUT2D eigenvalue weighted by Crippen LogP contribution is -2.15. The van der Waals surface area contributed by atoms with Crippen molar-refractivity contribution in [3.63, 3.8) is 0 Å². The Kier molecular flexibility index (Phi) is 5.57. The van der Waals surface area contributed by atoms with E-state index in [0.29, 0.717) is 23.0 Å². The number of carbonyl (C=O) groups is 2. The molecule has 5 heteroatoms. The third-order valence-corrected chi connectivity index (χ3v) is 4.99. The molecule has 2 aromatic rings. The number of carbonyl (C=O) groups excluding carboxylic acids is 2. The van der Waals surface area contributed by atoms with E-state index >= 15 is 0 Å². The molecule has 2 aromatic carbocycles. The molecule has 1 N–H and O–H groups in total. The Balaban J connectivity index is 1.76. The minimum atomic E-state index is -0.449. The minimum Gasteiger partial charge on any atom is -0.384 e. The predicted molar refractivity (Wildman–Crippen MR) is 99.8 cm³/mol. The van der Waals surface area contributed by atoms with Crippen LogP contribution >= 0.6 is 23.2 Å². The summed E-state index contributed by atoms with van der Waals surface area (Å²) in [6.07, 6.45) is 2.27. The molecule has 128 valence electrons. The summed E-state index contributed by atoms with van der Waals surface area (Å²) in [5.74, 6) is -0.803. The first-order valence-electron chi connectivity index (χ1n) is 8.03. The Labute approximate surface area is 156 Å². The summed E-state index contributed by atoms with van der Waals surface area (Å²) >= 11 is 12.0. The molecule has 0 saturated heterocycles. The van der Waals surface area contributed by atoms with E-state index in [2.05, 4.69) is 5.32 Å². The first-order valence-corrected chi connectivity index (χ1v) is 8.79. The van der Waals surface area contributed by atoms with Crippen LogP contribution in [-0.4, -0.2) is 11.6 Å². The third-order valence-electron chi connectivity index (χ3n) is 4.25. The molecular weight excluding hydrogens is 357 g/mol. The van der Waals surface area contributed by atoms with E-state index in [1.165, 1.54) is 6.08 Å². The van der Waals surface area contributed by atoms with Crippen LogP contribution in [0.2, 0.25) is 10.0 Å². The smallest absolute Gasteiger partial charge is 0.223 e. The Hall–Kier alpha value is -2.10. The van der Waals surface area contributed by atoms with Crippen LogP contribution in [0.5, 0.6) is 0 Å². The number of rotatable bonds is 4. The van der Waals surface area contributed by atoms with E-state index in [9.17, 15) is 9.59 Å². The van der Waals surface area contributed by atoms with E-state index < -0.39 is 5.78 Å². The van der Waals surface area contributed by atoms with E-state index in [1.54, 1.807) is 12.1 Å². The largest absolute Gasteiger partial charge is 0.384 e. The van der Waals surface area contributed by atoms with Gasteiger partial charge in [-0.25, -0.2) is 0 Å². The molecule has 0 aliphatic heterocycles. The van der Waals surface area contributed by atoms with E-state index in [-0.39, 0.29) is 18.1 Å². The van der Waals surface area contributed by atoms with Crippen LogP contribution in [0.15, 0.2) is 60.3 Å². The average Bonchev–Trinajstić information content (AvgIpc) is 2.76. The fourth-order valence-electron chi connectivity index (χ4n) is 2.91. The summed E-state index contributed by atoms with van der Waals surface area (Å²) < 4.78 is 0. The van der Waals surface area contributed by atoms with E-state index in [4.69, 9.17) is 23.2 Å². The SMILES string of the molecule is O=C1C=C(NCc2ccc(Cl)c(Cl)c2)CC(c2ccccc2)CC1=O. The highest BCUT2D eigenvalue weighted by atomic mass is 35.5. The van der Waals surface area contributed by atoms with Gasteiger partial charge in [-0.2, -0.15) is 0 Å². The molecule has 0 fully saturated rings. The molecule has 25 heavy (non-hydrogen) atoms. The molecule has 0 heterocycles. The number of nitrogens with one attached hydrogen (secondary N) is 1. The lowest BCUT2D eigenvalue weighted by atomic mass is 9.91. The van der Waals surface area contributed by atoms with Crippen LogP contribution in [-0.2, 0) is 16.1 Å². The summed E-state index contributed by atoms with van der Waals surface area (Å²) in [6, 6.07) is 15.2. The fraction of sp³-hybridized carbons (Fsp3) is 0.200. The van der Waals surface area contributed by atoms with Gasteiger partial charge < -0.3 is 5.32 Å². The van der Waals surface area contributed by atoms with Crippen LogP contribution < -0.4 is 5.32 Å². The summed E-state index contributed by atoms with van der Waals surface area (Å²) in [6.45, 7) is 0.506. The average molecular weight is 374 g/mol. The van der Waals surface area contributed by atoms with Gasteiger partial charge in [-0.05, 0) is 35.6 Å². The third kappa shape index (κ3) is 4.50. The molecule has 1 unspecified atom stereocenters. The maximum atomic E-state index is 12.0. The topological polar surface area (TPSA) is 46.2 Å². The Bertz CT molecular complexity index is 831. The van der Waals surface area contributed by atoms with Gasteiger partial charge in [0.15, 0.2) is 0 Å². The van der Waals surface area contributed by atoms with Gasteiger partial charge in [-0.3, -0.25) is 9.59 Å². The molecule has 1 aliphatic rings. The molecule has 1 atom stereocenters. The Morgan fingerprint density at radius 3 is 2.44 bits per heavy atom. The number of ketones is 2. The summed E-state index contributed by atoms with van der Waals surface area (Å²) in [5.41, 5.74) is 2.78. The molecule has 3 nitrogen and oxygen atoms in total. The number of benzene rings is 2. The zero-order valence-corrected chi connectivity index (χ0v) is 15.0. The highest BCUT2D eigenvalue weighted by Crippen LogP contribution is 2.29. The van der Waals surface area contributed by atoms with Crippen LogP contribution in [0.1, 0.15) is 29.9 Å². The number of hydrogen-bond acceptors (Lipinski definition) is 3. The van der Waals surface area contributed by atoms with Gasteiger partial charge in [0.1, 0.15) is 0 Å². The summed E-state index contributed by atoms with van der Waals surface area (Å²) in [4.78, 5) is 24.1. The Morgan fingerprint density at radius 2 is 1.72 bits per heavy atom. The van der Waals surface area contributed by atoms with Gasteiger partial charge in [0.25, 0.3) is 0 Å². The number of hydrogen-bond donors (Lipinski definition) is 1. The fourth-order valence-corrected chi connectivity index (χ4v) is 3.23. The monoisotopic (exact) mass is 373 g/mol. The van der Waals surface area contributed by atoms with Gasteiger partial charge >= 0.3 is 0 Å². The molecule has 0 saturated carbocycles. The van der Waals surface area contributed by atoms with Crippen LogP contribution in [0.3, 0.4) is 0 Å². The Morgan fingerprint density at radius 1 is 0.960 bits per heavy atom. The zero-order valence-electron chi connectivity index (χ0n) is 13.5. The first kappa shape index (κ1) is 17.7. The van der Waals surface area contributed by atoms with Gasteiger partial charge in [0, 0.05) is 24.7 Å². The standard InChI is InChI=1S/C20H17Cl2NO2/c21-17-7-6-13(8-18(17)22)12-23-16-9-15(10-19(24)20(25)11-16)14-4-2-1-3-5-14/h1-8,11,15,23H,9-10,12H2. The maximum absolute atomic E-state index is 12.0. The van der Waals surface area contributed by atoms with Crippen LogP contribution in [0, 0.1) is 0 Å². The van der Waals surface area contributed by atoms with Gasteiger partial charge in [-0.1, -0.05) is 59.6 Å². The molecule has 0 aromatic heterocycles. The van der Waals surface area contributed by atoms with Crippen molar-refractivity contribution in [1.82, 2.24) is 5.32 Å². The van der Waals surface area contributed by atoms with Gasteiger partial charge in [0.2, 0.25) is 11.6 Å². The lowest BCUT2D eigenvalue weighted by molar-refractivity contribution is -0.133. The minimum absolute atomic E-state index is 0.00675. The molecule has 0 amide bonds. The van der Waals surface area contributed by atoms with Crippen molar-refractivity contribution in [2.24, 2.45) is 0 Å². The maximum Gasteiger partial charge on any atom is 0.223 e. The van der Waals surface area contributed by atoms with Crippen molar-refractivity contribution in [2.45, 2.75) is 25.3 Å². The van der Waals surface area contributed by atoms with Crippen molar-refractivity contribution in [1.29, 1.82) is 0 Å². The van der Waals surface area contributed by atoms with E-state index in [1.807, 2.05) is 36.4 Å². The van der Waals surface area contributed by atoms with Crippen molar-refractivity contribution in [2.75, 3.05) is 0 Å². The second-order valence-corrected chi connectivity index (χ2v) is 6.89. The van der Waals surface area contributed by atoms with Crippen LogP contribution in [0.4, 0.5) is 0 Å². The second kappa shape index (κ2) is 7.85. The van der Waals surface area contributed by atoms with Crippen molar-refractivity contribution in [3.05, 3.63) is 81.5 Å². The van der Waals surface area contributed by atoms with Gasteiger partial charge in [0.05, 0.1) is 10.0 Å². The van der Waals surface area contributed by atoms with Gasteiger partial charge in [-0.15, -0.1) is 0 Å². The quantitative estimate of drug-likeness (QED) is 0.791. The molecule has 3 rings (SSSR count). The van der Waals surface area contributed by atoms with Crippen molar-refractivity contribution >= 4 is 34.8 Å². The van der Waals surface area contributed by atoms with Crippen molar-refractivity contribution in [3.8, 4) is 0 Å².